The fraction of sp³-hybridized carbons (Fsp3) is 0.667. The van der Waals surface area contributed by atoms with Gasteiger partial charge in [0.15, 0.2) is 0 Å². The molecule has 1 saturated heterocycles. The summed E-state index contributed by atoms with van der Waals surface area (Å²) in [4.78, 5) is 2.63. The summed E-state index contributed by atoms with van der Waals surface area (Å²) in [6.07, 6.45) is 2.18. The zero-order chi connectivity index (χ0) is 15.1. The van der Waals surface area contributed by atoms with Gasteiger partial charge >= 0.3 is 0 Å². The Bertz CT molecular complexity index is 522. The maximum atomic E-state index is 5.59. The third-order valence-corrected chi connectivity index (χ3v) is 4.87. The molecule has 1 aromatic carbocycles. The molecule has 2 aliphatic heterocycles. The van der Waals surface area contributed by atoms with Gasteiger partial charge in [0, 0.05) is 37.1 Å². The number of benzene rings is 1. The van der Waals surface area contributed by atoms with E-state index >= 15 is 0 Å². The Morgan fingerprint density at radius 3 is 2.86 bits per heavy atom. The minimum atomic E-state index is 0.210. The van der Waals surface area contributed by atoms with Crippen LogP contribution in [0.5, 0.6) is 5.75 Å². The van der Waals surface area contributed by atoms with Crippen molar-refractivity contribution in [1.29, 1.82) is 0 Å². The van der Waals surface area contributed by atoms with Gasteiger partial charge in [-0.3, -0.25) is 4.90 Å². The summed E-state index contributed by atoms with van der Waals surface area (Å²) in [5.74, 6) is 1.09. The maximum Gasteiger partial charge on any atom is 0.122 e. The smallest absolute Gasteiger partial charge is 0.122 e. The number of fused-ring (bicyclic) bond motifs is 1. The zero-order valence-corrected chi connectivity index (χ0v) is 13.8. The number of hydrogen-bond donors (Lipinski definition) is 1. The van der Waals surface area contributed by atoms with E-state index in [2.05, 4.69) is 56.1 Å². The summed E-state index contributed by atoms with van der Waals surface area (Å²) < 4.78 is 5.59. The van der Waals surface area contributed by atoms with E-state index in [1.807, 2.05) is 0 Å². The van der Waals surface area contributed by atoms with Crippen molar-refractivity contribution in [2.75, 3.05) is 26.2 Å². The molecular formula is C18H28N2O. The quantitative estimate of drug-likeness (QED) is 0.925. The van der Waals surface area contributed by atoms with Crippen molar-refractivity contribution in [3.05, 3.63) is 29.3 Å². The second-order valence-corrected chi connectivity index (χ2v) is 7.76. The first-order chi connectivity index (χ1) is 9.86. The van der Waals surface area contributed by atoms with Crippen LogP contribution < -0.4 is 10.1 Å². The van der Waals surface area contributed by atoms with Crippen LogP contribution in [0.4, 0.5) is 0 Å². The second kappa shape index (κ2) is 5.29. The second-order valence-electron chi connectivity index (χ2n) is 7.76. The Morgan fingerprint density at radius 2 is 2.05 bits per heavy atom. The van der Waals surface area contributed by atoms with Gasteiger partial charge in [-0.1, -0.05) is 12.1 Å². The fourth-order valence-electron chi connectivity index (χ4n) is 3.36. The molecule has 0 atom stereocenters. The average Bonchev–Trinajstić information content (AvgIpc) is 2.87. The summed E-state index contributed by atoms with van der Waals surface area (Å²) in [5.41, 5.74) is 3.26. The Morgan fingerprint density at radius 1 is 1.24 bits per heavy atom. The molecule has 3 rings (SSSR count). The normalized spacial score (nSPS) is 23.6. The molecule has 1 N–H and O–H groups in total. The molecule has 21 heavy (non-hydrogen) atoms. The lowest BCUT2D eigenvalue weighted by Gasteiger charge is -2.49. The van der Waals surface area contributed by atoms with Gasteiger partial charge in [-0.2, -0.15) is 0 Å². The van der Waals surface area contributed by atoms with Crippen LogP contribution in [0.3, 0.4) is 0 Å². The predicted molar refractivity (Wildman–Crippen MR) is 87.1 cm³/mol. The fourth-order valence-corrected chi connectivity index (χ4v) is 3.36. The summed E-state index contributed by atoms with van der Waals surface area (Å²) in [7, 11) is 0. The molecule has 0 spiro atoms. The molecule has 1 fully saturated rings. The average molecular weight is 288 g/mol. The molecule has 116 valence electrons. The van der Waals surface area contributed by atoms with Crippen LogP contribution in [-0.2, 0) is 12.8 Å². The van der Waals surface area contributed by atoms with Crippen LogP contribution in [0.1, 0.15) is 38.8 Å². The standard InChI is InChI=1S/C18H28N2O/c1-17(2)13-20(18(3,4)12-19-17)9-7-14-5-6-16-15(11-14)8-10-21-16/h5-6,11,19H,7-10,12-13H2,1-4H3. The van der Waals surface area contributed by atoms with Crippen molar-refractivity contribution in [2.24, 2.45) is 0 Å². The van der Waals surface area contributed by atoms with Gasteiger partial charge in [0.05, 0.1) is 6.61 Å². The van der Waals surface area contributed by atoms with Crippen LogP contribution in [0.2, 0.25) is 0 Å². The highest BCUT2D eigenvalue weighted by Gasteiger charge is 2.37. The Kier molecular flexibility index (Phi) is 3.74. The minimum Gasteiger partial charge on any atom is -0.493 e. The molecular weight excluding hydrogens is 260 g/mol. The summed E-state index contributed by atoms with van der Waals surface area (Å²) >= 11 is 0. The van der Waals surface area contributed by atoms with Gasteiger partial charge in [-0.25, -0.2) is 0 Å². The van der Waals surface area contributed by atoms with Gasteiger partial charge in [0.25, 0.3) is 0 Å². The number of piperazine rings is 1. The van der Waals surface area contributed by atoms with Crippen LogP contribution in [0.15, 0.2) is 18.2 Å². The van der Waals surface area contributed by atoms with Crippen LogP contribution in [0, 0.1) is 0 Å². The molecule has 0 aromatic heterocycles. The van der Waals surface area contributed by atoms with Gasteiger partial charge in [-0.05, 0) is 51.3 Å². The van der Waals surface area contributed by atoms with E-state index in [0.717, 1.165) is 44.8 Å². The third kappa shape index (κ3) is 3.24. The highest BCUT2D eigenvalue weighted by Crippen LogP contribution is 2.27. The highest BCUT2D eigenvalue weighted by atomic mass is 16.5. The van der Waals surface area contributed by atoms with E-state index in [0.29, 0.717) is 0 Å². The van der Waals surface area contributed by atoms with Gasteiger partial charge in [0.1, 0.15) is 5.75 Å². The van der Waals surface area contributed by atoms with Crippen molar-refractivity contribution in [1.82, 2.24) is 10.2 Å². The first kappa shape index (κ1) is 14.9. The van der Waals surface area contributed by atoms with Gasteiger partial charge in [-0.15, -0.1) is 0 Å². The minimum absolute atomic E-state index is 0.210. The number of ether oxygens (including phenoxy) is 1. The molecule has 0 unspecified atom stereocenters. The summed E-state index contributed by atoms with van der Waals surface area (Å²) in [5, 5.41) is 3.65. The molecule has 2 aliphatic rings. The van der Waals surface area contributed by atoms with Crippen molar-refractivity contribution in [2.45, 2.75) is 51.6 Å². The molecule has 3 heteroatoms. The molecule has 0 saturated carbocycles. The number of hydrogen-bond acceptors (Lipinski definition) is 3. The largest absolute Gasteiger partial charge is 0.493 e. The van der Waals surface area contributed by atoms with Crippen LogP contribution in [-0.4, -0.2) is 42.2 Å². The first-order valence-corrected chi connectivity index (χ1v) is 8.10. The van der Waals surface area contributed by atoms with Gasteiger partial charge in [0.2, 0.25) is 0 Å². The molecule has 0 aliphatic carbocycles. The summed E-state index contributed by atoms with van der Waals surface area (Å²) in [6.45, 7) is 13.4. The Labute approximate surface area is 128 Å². The van der Waals surface area contributed by atoms with E-state index < -0.39 is 0 Å². The van der Waals surface area contributed by atoms with E-state index in [9.17, 15) is 0 Å². The molecule has 0 radical (unpaired) electrons. The topological polar surface area (TPSA) is 24.5 Å². The lowest BCUT2D eigenvalue weighted by atomic mass is 9.91. The van der Waals surface area contributed by atoms with Crippen LogP contribution in [0.25, 0.3) is 0 Å². The number of nitrogens with zero attached hydrogens (tertiary/aromatic N) is 1. The number of nitrogens with one attached hydrogen (secondary N) is 1. The predicted octanol–water partition coefficient (Wildman–Crippen LogP) is 2.63. The van der Waals surface area contributed by atoms with E-state index in [1.165, 1.54) is 11.1 Å². The van der Waals surface area contributed by atoms with Crippen LogP contribution >= 0.6 is 0 Å². The van der Waals surface area contributed by atoms with Crippen molar-refractivity contribution >= 4 is 0 Å². The van der Waals surface area contributed by atoms with Crippen molar-refractivity contribution in [3.63, 3.8) is 0 Å². The zero-order valence-electron chi connectivity index (χ0n) is 13.8. The summed E-state index contributed by atoms with van der Waals surface area (Å²) in [6, 6.07) is 6.71. The molecule has 0 amide bonds. The SMILES string of the molecule is CC1(C)CN(CCc2ccc3c(c2)CCO3)C(C)(C)CN1. The highest BCUT2D eigenvalue weighted by molar-refractivity contribution is 5.39. The van der Waals surface area contributed by atoms with E-state index in [4.69, 9.17) is 4.74 Å². The molecule has 0 bridgehead atoms. The monoisotopic (exact) mass is 288 g/mol. The molecule has 1 aromatic rings. The Balaban J connectivity index is 1.66. The lowest BCUT2D eigenvalue weighted by molar-refractivity contribution is 0.0404. The Hall–Kier alpha value is -1.06. The molecule has 2 heterocycles. The third-order valence-electron chi connectivity index (χ3n) is 4.87. The van der Waals surface area contributed by atoms with Gasteiger partial charge < -0.3 is 10.1 Å². The van der Waals surface area contributed by atoms with E-state index in [1.54, 1.807) is 0 Å². The lowest BCUT2D eigenvalue weighted by Crippen LogP contribution is -2.66. The number of rotatable bonds is 3. The van der Waals surface area contributed by atoms with Crippen molar-refractivity contribution < 1.29 is 4.74 Å². The maximum absolute atomic E-state index is 5.59. The van der Waals surface area contributed by atoms with E-state index in [-0.39, 0.29) is 11.1 Å². The van der Waals surface area contributed by atoms with Crippen molar-refractivity contribution in [3.8, 4) is 5.75 Å². The molecule has 3 nitrogen and oxygen atoms in total. The first-order valence-electron chi connectivity index (χ1n) is 8.10.